The lowest BCUT2D eigenvalue weighted by atomic mass is 10.0. The van der Waals surface area contributed by atoms with E-state index in [1.165, 1.54) is 16.8 Å². The van der Waals surface area contributed by atoms with Gasteiger partial charge in [0.15, 0.2) is 5.16 Å². The van der Waals surface area contributed by atoms with Crippen LogP contribution in [0.15, 0.2) is 65.8 Å². The summed E-state index contributed by atoms with van der Waals surface area (Å²) >= 11 is 4.37. The van der Waals surface area contributed by atoms with Crippen LogP contribution in [0.3, 0.4) is 0 Å². The van der Waals surface area contributed by atoms with Gasteiger partial charge >= 0.3 is 0 Å². The number of hydrogen-bond acceptors (Lipinski definition) is 2. The number of rotatable bonds is 3. The second-order valence-corrected chi connectivity index (χ2v) is 7.78. The molecule has 2 heterocycles. The van der Waals surface area contributed by atoms with Gasteiger partial charge in [0.25, 0.3) is 0 Å². The van der Waals surface area contributed by atoms with Crippen molar-refractivity contribution in [3.8, 4) is 22.5 Å². The molecular weight excluding hydrogens is 415 g/mol. The molecule has 0 spiro atoms. The topological polar surface area (TPSA) is 17.8 Å². The van der Waals surface area contributed by atoms with Gasteiger partial charge in [-0.25, -0.2) is 4.98 Å². The van der Waals surface area contributed by atoms with Gasteiger partial charge in [-0.05, 0) is 6.92 Å². The number of hydrogen-bond donors (Lipinski definition) is 0. The van der Waals surface area contributed by atoms with E-state index in [-0.39, 0.29) is 5.54 Å². The van der Waals surface area contributed by atoms with E-state index in [9.17, 15) is 0 Å². The molecule has 0 saturated heterocycles. The van der Waals surface area contributed by atoms with Crippen molar-refractivity contribution in [1.29, 1.82) is 0 Å². The summed E-state index contributed by atoms with van der Waals surface area (Å²) in [5, 5.41) is 1.14. The van der Waals surface area contributed by atoms with Crippen LogP contribution in [0.5, 0.6) is 0 Å². The van der Waals surface area contributed by atoms with E-state index in [0.717, 1.165) is 21.0 Å². The number of alkyl halides is 1. The monoisotopic (exact) mass is 432 g/mol. The first-order valence-electron chi connectivity index (χ1n) is 7.66. The predicted molar refractivity (Wildman–Crippen MR) is 106 cm³/mol. The summed E-state index contributed by atoms with van der Waals surface area (Å²) in [5.74, 6) is 1.09. The van der Waals surface area contributed by atoms with Gasteiger partial charge in [0.2, 0.25) is 0 Å². The minimum atomic E-state index is 0.117. The van der Waals surface area contributed by atoms with Crippen molar-refractivity contribution in [3.63, 3.8) is 0 Å². The fraction of sp³-hybridized carbons (Fsp3) is 0.211. The second kappa shape index (κ2) is 5.98. The minimum Gasteiger partial charge on any atom is -0.311 e. The van der Waals surface area contributed by atoms with Crippen molar-refractivity contribution in [2.24, 2.45) is 0 Å². The van der Waals surface area contributed by atoms with Crippen molar-refractivity contribution < 1.29 is 0 Å². The quantitative estimate of drug-likeness (QED) is 0.403. The van der Waals surface area contributed by atoms with Crippen LogP contribution in [-0.4, -0.2) is 19.7 Å². The highest BCUT2D eigenvalue weighted by Crippen LogP contribution is 2.46. The number of aromatic nitrogens is 2. The average Bonchev–Trinajstić information content (AvgIpc) is 3.15. The second-order valence-electron chi connectivity index (χ2n) is 6.08. The predicted octanol–water partition coefficient (Wildman–Crippen LogP) is 5.47. The van der Waals surface area contributed by atoms with Gasteiger partial charge in [-0.1, -0.05) is 95.0 Å². The molecule has 0 bridgehead atoms. The summed E-state index contributed by atoms with van der Waals surface area (Å²) < 4.78 is 3.54. The highest BCUT2D eigenvalue weighted by atomic mass is 127. The number of imidazole rings is 1. The molecule has 1 aliphatic rings. The van der Waals surface area contributed by atoms with Gasteiger partial charge in [0, 0.05) is 21.3 Å². The molecule has 1 aliphatic heterocycles. The van der Waals surface area contributed by atoms with Crippen LogP contribution in [0.1, 0.15) is 6.92 Å². The molecule has 4 rings (SSSR count). The summed E-state index contributed by atoms with van der Waals surface area (Å²) in [4.78, 5) is 5.00. The fourth-order valence-electron chi connectivity index (χ4n) is 3.04. The molecule has 1 atom stereocenters. The molecule has 0 unspecified atom stereocenters. The Balaban J connectivity index is 2.01. The summed E-state index contributed by atoms with van der Waals surface area (Å²) in [6.45, 7) is 2.34. The normalized spacial score (nSPS) is 19.7. The van der Waals surface area contributed by atoms with Gasteiger partial charge in [-0.2, -0.15) is 0 Å². The van der Waals surface area contributed by atoms with Crippen molar-refractivity contribution in [3.05, 3.63) is 60.7 Å². The standard InChI is InChI=1S/C19H17IN2S/c1-19(12-20)13-23-18-21-16(14-8-4-2-5-9-14)17(22(18)19)15-10-6-3-7-11-15/h2-11H,12-13H2,1H3/t19-/m1/s1. The largest absolute Gasteiger partial charge is 0.311 e. The maximum absolute atomic E-state index is 5.00. The number of benzene rings is 2. The van der Waals surface area contributed by atoms with E-state index >= 15 is 0 Å². The van der Waals surface area contributed by atoms with E-state index < -0.39 is 0 Å². The zero-order chi connectivity index (χ0) is 15.9. The number of fused-ring (bicyclic) bond motifs is 1. The molecule has 0 saturated carbocycles. The molecule has 2 nitrogen and oxygen atoms in total. The van der Waals surface area contributed by atoms with E-state index in [1.807, 2.05) is 11.8 Å². The van der Waals surface area contributed by atoms with Crippen LogP contribution in [0.4, 0.5) is 0 Å². The van der Waals surface area contributed by atoms with Crippen LogP contribution in [0, 0.1) is 0 Å². The first-order valence-corrected chi connectivity index (χ1v) is 10.2. The molecule has 1 aromatic heterocycles. The number of thioether (sulfide) groups is 1. The molecular formula is C19H17IN2S. The first kappa shape index (κ1) is 15.3. The average molecular weight is 432 g/mol. The smallest absolute Gasteiger partial charge is 0.169 e. The van der Waals surface area contributed by atoms with Crippen LogP contribution < -0.4 is 0 Å². The van der Waals surface area contributed by atoms with Crippen molar-refractivity contribution in [2.45, 2.75) is 17.6 Å². The third kappa shape index (κ3) is 2.52. The Morgan fingerprint density at radius 2 is 1.65 bits per heavy atom. The molecule has 0 aliphatic carbocycles. The van der Waals surface area contributed by atoms with Crippen LogP contribution in [0.2, 0.25) is 0 Å². The van der Waals surface area contributed by atoms with Crippen LogP contribution in [0.25, 0.3) is 22.5 Å². The Hall–Kier alpha value is -1.27. The Morgan fingerprint density at radius 1 is 1.04 bits per heavy atom. The zero-order valence-electron chi connectivity index (χ0n) is 12.9. The van der Waals surface area contributed by atoms with E-state index in [2.05, 4.69) is 94.7 Å². The molecule has 0 fully saturated rings. The third-order valence-corrected chi connectivity index (χ3v) is 7.22. The van der Waals surface area contributed by atoms with E-state index in [4.69, 9.17) is 4.98 Å². The maximum atomic E-state index is 5.00. The Kier molecular flexibility index (Phi) is 3.97. The molecule has 3 aromatic rings. The summed E-state index contributed by atoms with van der Waals surface area (Å²) in [7, 11) is 0. The van der Waals surface area contributed by atoms with Crippen molar-refractivity contribution >= 4 is 34.4 Å². The third-order valence-electron chi connectivity index (χ3n) is 4.28. The van der Waals surface area contributed by atoms with E-state index in [0.29, 0.717) is 0 Å². The van der Waals surface area contributed by atoms with Crippen molar-refractivity contribution in [2.75, 3.05) is 10.2 Å². The van der Waals surface area contributed by atoms with Gasteiger partial charge < -0.3 is 4.57 Å². The molecule has 23 heavy (non-hydrogen) atoms. The molecule has 0 radical (unpaired) electrons. The Labute approximate surface area is 154 Å². The fourth-order valence-corrected chi connectivity index (χ4v) is 5.28. The molecule has 4 heteroatoms. The van der Waals surface area contributed by atoms with Gasteiger partial charge in [0.05, 0.1) is 16.9 Å². The number of nitrogens with zero attached hydrogens (tertiary/aromatic N) is 2. The minimum absolute atomic E-state index is 0.117. The SMILES string of the molecule is C[C@@]1(CI)CSc2nc(-c3ccccc3)c(-c3ccccc3)n21. The lowest BCUT2D eigenvalue weighted by molar-refractivity contribution is 0.414. The highest BCUT2D eigenvalue weighted by Gasteiger charge is 2.38. The molecule has 0 N–H and O–H groups in total. The highest BCUT2D eigenvalue weighted by molar-refractivity contribution is 14.1. The molecule has 2 aromatic carbocycles. The summed E-state index contributed by atoms with van der Waals surface area (Å²) in [6.07, 6.45) is 0. The lowest BCUT2D eigenvalue weighted by Gasteiger charge is -2.26. The van der Waals surface area contributed by atoms with Crippen LogP contribution in [-0.2, 0) is 5.54 Å². The van der Waals surface area contributed by atoms with E-state index in [1.54, 1.807) is 0 Å². The van der Waals surface area contributed by atoms with Crippen molar-refractivity contribution in [1.82, 2.24) is 9.55 Å². The summed E-state index contributed by atoms with van der Waals surface area (Å²) in [6, 6.07) is 21.2. The Bertz CT molecular complexity index is 829. The maximum Gasteiger partial charge on any atom is 0.169 e. The van der Waals surface area contributed by atoms with Gasteiger partial charge in [-0.3, -0.25) is 0 Å². The molecule has 116 valence electrons. The zero-order valence-corrected chi connectivity index (χ0v) is 15.8. The Morgan fingerprint density at radius 3 is 2.26 bits per heavy atom. The number of halogens is 1. The van der Waals surface area contributed by atoms with Gasteiger partial charge in [-0.15, -0.1) is 0 Å². The lowest BCUT2D eigenvalue weighted by Crippen LogP contribution is -2.31. The van der Waals surface area contributed by atoms with Gasteiger partial charge in [0.1, 0.15) is 0 Å². The molecule has 0 amide bonds. The summed E-state index contributed by atoms with van der Waals surface area (Å²) in [5.41, 5.74) is 4.88. The van der Waals surface area contributed by atoms with Crippen LogP contribution >= 0.6 is 34.4 Å². The first-order chi connectivity index (χ1) is 11.2.